The highest BCUT2D eigenvalue weighted by atomic mass is 32.2. The molecule has 208 valence electrons. The molecule has 0 amide bonds. The number of thioether (sulfide) groups is 1. The molecular weight excluding hydrogens is 520 g/mol. The zero-order chi connectivity index (χ0) is 27.6. The zero-order valence-electron chi connectivity index (χ0n) is 22.8. The lowest BCUT2D eigenvalue weighted by Gasteiger charge is -2.45. The lowest BCUT2D eigenvalue weighted by Crippen LogP contribution is -2.68. The molecule has 2 aliphatic heterocycles. The van der Waals surface area contributed by atoms with Crippen molar-refractivity contribution in [3.63, 3.8) is 0 Å². The first-order chi connectivity index (χ1) is 17.9. The van der Waals surface area contributed by atoms with Crippen LogP contribution in [0, 0.1) is 0 Å². The zero-order valence-corrected chi connectivity index (χ0v) is 24.6. The van der Waals surface area contributed by atoms with Gasteiger partial charge in [0.15, 0.2) is 5.79 Å². The Morgan fingerprint density at radius 1 is 1.00 bits per heavy atom. The van der Waals surface area contributed by atoms with Gasteiger partial charge in [0.25, 0.3) is 8.32 Å². The van der Waals surface area contributed by atoms with Crippen molar-refractivity contribution in [1.29, 1.82) is 0 Å². The largest absolute Gasteiger partial charge is 0.481 e. The van der Waals surface area contributed by atoms with E-state index in [1.54, 1.807) is 0 Å². The van der Waals surface area contributed by atoms with E-state index >= 15 is 0 Å². The molecule has 9 heteroatoms. The first-order valence-corrected chi connectivity index (χ1v) is 16.2. The molecule has 5 atom stereocenters. The molecule has 38 heavy (non-hydrogen) atoms. The number of carboxylic acids is 1. The van der Waals surface area contributed by atoms with E-state index in [-0.39, 0.29) is 18.1 Å². The molecule has 2 aliphatic rings. The van der Waals surface area contributed by atoms with E-state index in [2.05, 4.69) is 69.3 Å². The van der Waals surface area contributed by atoms with Gasteiger partial charge in [-0.3, -0.25) is 4.79 Å². The van der Waals surface area contributed by atoms with Crippen LogP contribution >= 0.6 is 11.8 Å². The van der Waals surface area contributed by atoms with Gasteiger partial charge in [0.2, 0.25) is 0 Å². The van der Waals surface area contributed by atoms with Gasteiger partial charge in [-0.1, -0.05) is 81.4 Å². The molecule has 2 fully saturated rings. The van der Waals surface area contributed by atoms with Crippen LogP contribution < -0.4 is 10.4 Å². The summed E-state index contributed by atoms with van der Waals surface area (Å²) < 4.78 is 26.0. The minimum Gasteiger partial charge on any atom is -0.481 e. The number of aliphatic hydroxyl groups is 1. The minimum absolute atomic E-state index is 0.0783. The van der Waals surface area contributed by atoms with E-state index in [1.807, 2.05) is 26.0 Å². The van der Waals surface area contributed by atoms with Crippen molar-refractivity contribution in [3.05, 3.63) is 60.7 Å². The van der Waals surface area contributed by atoms with Crippen LogP contribution in [0.3, 0.4) is 0 Å². The predicted molar refractivity (Wildman–Crippen MR) is 151 cm³/mol. The van der Waals surface area contributed by atoms with Gasteiger partial charge in [0, 0.05) is 6.42 Å². The summed E-state index contributed by atoms with van der Waals surface area (Å²) >= 11 is 1.42. The molecular formula is C29H40O7SSi. The molecule has 0 saturated carbocycles. The maximum Gasteiger partial charge on any atom is 0.303 e. The quantitative estimate of drug-likeness (QED) is 0.335. The monoisotopic (exact) mass is 560 g/mol. The minimum atomic E-state index is -2.81. The second kappa shape index (κ2) is 11.8. The summed E-state index contributed by atoms with van der Waals surface area (Å²) in [4.78, 5) is 10.9. The molecule has 2 aromatic rings. The number of carbonyl (C=O) groups is 1. The van der Waals surface area contributed by atoms with Gasteiger partial charge in [0.05, 0.1) is 6.61 Å². The topological polar surface area (TPSA) is 94.5 Å². The molecule has 1 unspecified atom stereocenters. The first-order valence-electron chi connectivity index (χ1n) is 13.2. The fourth-order valence-electron chi connectivity index (χ4n) is 5.52. The van der Waals surface area contributed by atoms with E-state index in [0.717, 1.165) is 0 Å². The van der Waals surface area contributed by atoms with Crippen molar-refractivity contribution in [1.82, 2.24) is 0 Å². The summed E-state index contributed by atoms with van der Waals surface area (Å²) in [5.41, 5.74) is -0.574. The summed E-state index contributed by atoms with van der Waals surface area (Å²) in [7, 11) is -2.81. The Hall–Kier alpha value is -1.72. The van der Waals surface area contributed by atoms with E-state index in [0.29, 0.717) is 12.2 Å². The van der Waals surface area contributed by atoms with Gasteiger partial charge >= 0.3 is 5.97 Å². The number of hydrogen-bond donors (Lipinski definition) is 2. The third-order valence-corrected chi connectivity index (χ3v) is 13.4. The van der Waals surface area contributed by atoms with Crippen LogP contribution in [0.4, 0.5) is 0 Å². The Balaban J connectivity index is 1.64. The van der Waals surface area contributed by atoms with Crippen molar-refractivity contribution in [3.8, 4) is 0 Å². The average Bonchev–Trinajstić information content (AvgIpc) is 3.20. The summed E-state index contributed by atoms with van der Waals surface area (Å²) in [5.74, 6) is -1.14. The van der Waals surface area contributed by atoms with Crippen molar-refractivity contribution in [2.24, 2.45) is 0 Å². The fourth-order valence-corrected chi connectivity index (χ4v) is 11.2. The second-order valence-electron chi connectivity index (χ2n) is 11.4. The van der Waals surface area contributed by atoms with Crippen LogP contribution in [0.25, 0.3) is 0 Å². The number of aliphatic carboxylic acids is 1. The molecule has 7 nitrogen and oxygen atoms in total. The third kappa shape index (κ3) is 6.19. The molecule has 0 spiro atoms. The Morgan fingerprint density at radius 3 is 2.08 bits per heavy atom. The van der Waals surface area contributed by atoms with Gasteiger partial charge in [-0.25, -0.2) is 0 Å². The van der Waals surface area contributed by atoms with Crippen molar-refractivity contribution < 1.29 is 33.6 Å². The molecule has 0 aromatic heterocycles. The average molecular weight is 561 g/mol. The van der Waals surface area contributed by atoms with Gasteiger partial charge in [-0.05, 0) is 41.4 Å². The van der Waals surface area contributed by atoms with Gasteiger partial charge in [0.1, 0.15) is 29.9 Å². The summed E-state index contributed by atoms with van der Waals surface area (Å²) in [6.07, 6.45) is -1.86. The Kier molecular flexibility index (Phi) is 9.08. The van der Waals surface area contributed by atoms with Crippen LogP contribution in [0.1, 0.15) is 47.5 Å². The van der Waals surface area contributed by atoms with Crippen LogP contribution in [-0.4, -0.2) is 72.5 Å². The molecule has 2 saturated heterocycles. The first kappa shape index (κ1) is 29.3. The molecule has 4 rings (SSSR count). The smallest absolute Gasteiger partial charge is 0.303 e. The highest BCUT2D eigenvalue weighted by Crippen LogP contribution is 2.42. The molecule has 0 radical (unpaired) electrons. The highest BCUT2D eigenvalue weighted by Gasteiger charge is 2.56. The van der Waals surface area contributed by atoms with Crippen LogP contribution in [-0.2, 0) is 23.4 Å². The number of carboxylic acid groups (broad SMARTS) is 1. The van der Waals surface area contributed by atoms with Gasteiger partial charge < -0.3 is 28.8 Å². The number of rotatable bonds is 10. The van der Waals surface area contributed by atoms with E-state index < -0.39 is 49.9 Å². The summed E-state index contributed by atoms with van der Waals surface area (Å²) in [6.45, 7) is 10.6. The maximum absolute atomic E-state index is 11.1. The number of fused-ring (bicyclic) bond motifs is 1. The SMILES string of the molecule is CC1(C)O[C@@H]2[C@H](O1)[C@@H](O)C(SCCCC(=O)O)O[C@@H]2CO[Si](c1ccccc1)(c1ccccc1)C(C)(C)C. The maximum atomic E-state index is 11.1. The van der Waals surface area contributed by atoms with Gasteiger partial charge in [-0.2, -0.15) is 0 Å². The van der Waals surface area contributed by atoms with E-state index in [4.69, 9.17) is 23.7 Å². The molecule has 0 aliphatic carbocycles. The lowest BCUT2D eigenvalue weighted by atomic mass is 10.0. The number of benzene rings is 2. The van der Waals surface area contributed by atoms with Gasteiger partial charge in [-0.15, -0.1) is 11.8 Å². The lowest BCUT2D eigenvalue weighted by molar-refractivity contribution is -0.166. The van der Waals surface area contributed by atoms with Crippen molar-refractivity contribution in [2.45, 2.75) is 88.1 Å². The predicted octanol–water partition coefficient (Wildman–Crippen LogP) is 3.77. The van der Waals surface area contributed by atoms with E-state index in [9.17, 15) is 9.90 Å². The van der Waals surface area contributed by atoms with Crippen LogP contribution in [0.5, 0.6) is 0 Å². The highest BCUT2D eigenvalue weighted by molar-refractivity contribution is 7.99. The Bertz CT molecular complexity index is 1020. The Labute approximate surface area is 231 Å². The molecule has 2 aromatic carbocycles. The standard InChI is InChI=1S/C29H40O7SSi/c1-28(2,3)38(20-13-8-6-9-14-20,21-15-10-7-11-16-21)33-19-22-25-26(36-29(4,5)35-25)24(32)27(34-22)37-18-12-17-23(30)31/h6-11,13-16,22,24-27,32H,12,17-19H2,1-5H3,(H,30,31)/t22-,24-,25+,26-,27?/m1/s1. The summed E-state index contributed by atoms with van der Waals surface area (Å²) in [5, 5.41) is 22.3. The van der Waals surface area contributed by atoms with Crippen LogP contribution in [0.15, 0.2) is 60.7 Å². The fraction of sp³-hybridized carbons (Fsp3) is 0.552. The van der Waals surface area contributed by atoms with E-state index in [1.165, 1.54) is 22.1 Å². The van der Waals surface area contributed by atoms with Crippen molar-refractivity contribution in [2.75, 3.05) is 12.4 Å². The normalized spacial score (nSPS) is 27.2. The van der Waals surface area contributed by atoms with Crippen LogP contribution in [0.2, 0.25) is 5.04 Å². The molecule has 2 heterocycles. The third-order valence-electron chi connectivity index (χ3n) is 7.15. The molecule has 0 bridgehead atoms. The number of aliphatic hydroxyl groups excluding tert-OH is 1. The molecule has 2 N–H and O–H groups in total. The summed E-state index contributed by atoms with van der Waals surface area (Å²) in [6, 6.07) is 20.9. The number of ether oxygens (including phenoxy) is 3. The second-order valence-corrected chi connectivity index (χ2v) is 17.0. The Morgan fingerprint density at radius 2 is 1.55 bits per heavy atom. The van der Waals surface area contributed by atoms with Crippen molar-refractivity contribution >= 4 is 36.4 Å². The number of hydrogen-bond acceptors (Lipinski definition) is 7.